The molecular formula is C17H23N7O10S2. The number of aromatic nitrogens is 1. The zero-order valence-corrected chi connectivity index (χ0v) is 20.5. The second kappa shape index (κ2) is 9.84. The van der Waals surface area contributed by atoms with Gasteiger partial charge in [-0.25, -0.2) is 18.9 Å². The Balaban J connectivity index is 1.86. The van der Waals surface area contributed by atoms with E-state index >= 15 is 0 Å². The van der Waals surface area contributed by atoms with Gasteiger partial charge in [0.1, 0.15) is 17.8 Å². The number of thiazole rings is 1. The van der Waals surface area contributed by atoms with Crippen LogP contribution in [0.15, 0.2) is 10.5 Å². The molecule has 2 aliphatic heterocycles. The minimum Gasteiger partial charge on any atom is -0.478 e. The highest BCUT2D eigenvalue weighted by atomic mass is 32.2. The number of nitrogens with two attached hydrogens (primary N) is 2. The van der Waals surface area contributed by atoms with E-state index < -0.39 is 70.2 Å². The molecule has 0 bridgehead atoms. The predicted octanol–water partition coefficient (Wildman–Crippen LogP) is -2.41. The molecule has 0 aromatic carbocycles. The van der Waals surface area contributed by atoms with Gasteiger partial charge in [-0.1, -0.05) is 5.16 Å². The van der Waals surface area contributed by atoms with Crippen LogP contribution in [0, 0.1) is 0 Å². The Bertz CT molecular complexity index is 1210. The summed E-state index contributed by atoms with van der Waals surface area (Å²) in [4.78, 5) is 58.9. The average molecular weight is 550 g/mol. The average Bonchev–Trinajstić information content (AvgIpc) is 3.35. The molecule has 198 valence electrons. The molecule has 3 amide bonds. The summed E-state index contributed by atoms with van der Waals surface area (Å²) in [5, 5.41) is 16.4. The van der Waals surface area contributed by atoms with Crippen LogP contribution in [0.3, 0.4) is 0 Å². The molecule has 0 aliphatic carbocycles. The van der Waals surface area contributed by atoms with Crippen LogP contribution in [0.2, 0.25) is 0 Å². The Kier molecular flexibility index (Phi) is 7.39. The molecule has 0 saturated carbocycles. The number of hydrogen-bond acceptors (Lipinski definition) is 13. The number of nitrogen functional groups attached to an aromatic ring is 1. The van der Waals surface area contributed by atoms with Gasteiger partial charge in [0.25, 0.3) is 11.8 Å². The van der Waals surface area contributed by atoms with Gasteiger partial charge in [-0.05, 0) is 13.8 Å². The number of carbonyl (C=O) groups is 4. The fourth-order valence-electron chi connectivity index (χ4n) is 3.22. The summed E-state index contributed by atoms with van der Waals surface area (Å²) in [6.45, 7) is 1.90. The van der Waals surface area contributed by atoms with Crippen molar-refractivity contribution in [1.82, 2.24) is 19.5 Å². The molecular weight excluding hydrogens is 526 g/mol. The molecule has 0 radical (unpaired) electrons. The number of amides is 3. The van der Waals surface area contributed by atoms with E-state index in [1.807, 2.05) is 0 Å². The van der Waals surface area contributed by atoms with Crippen molar-refractivity contribution in [2.45, 2.75) is 37.6 Å². The Hall–Kier alpha value is -3.55. The summed E-state index contributed by atoms with van der Waals surface area (Å²) in [5.41, 5.74) is 8.56. The maximum atomic E-state index is 13.0. The molecule has 3 atom stereocenters. The lowest BCUT2D eigenvalue weighted by Gasteiger charge is -2.45. The van der Waals surface area contributed by atoms with E-state index in [2.05, 4.69) is 15.5 Å². The summed E-state index contributed by atoms with van der Waals surface area (Å²) in [6.07, 6.45) is -1.49. The van der Waals surface area contributed by atoms with Gasteiger partial charge >= 0.3 is 22.4 Å². The largest absolute Gasteiger partial charge is 0.478 e. The van der Waals surface area contributed by atoms with Crippen molar-refractivity contribution in [2.75, 3.05) is 25.4 Å². The monoisotopic (exact) mass is 549 g/mol. The fourth-order valence-corrected chi connectivity index (χ4v) is 4.64. The van der Waals surface area contributed by atoms with Gasteiger partial charge in [0.05, 0.1) is 12.6 Å². The van der Waals surface area contributed by atoms with Crippen LogP contribution in [-0.4, -0.2) is 105 Å². The summed E-state index contributed by atoms with van der Waals surface area (Å²) in [6, 6.07) is -2.93. The molecule has 19 heteroatoms. The Morgan fingerprint density at radius 1 is 1.42 bits per heavy atom. The molecule has 2 saturated heterocycles. The van der Waals surface area contributed by atoms with E-state index in [4.69, 9.17) is 21.0 Å². The van der Waals surface area contributed by atoms with Gasteiger partial charge in [0.15, 0.2) is 10.8 Å². The number of ether oxygens (including phenoxy) is 1. The Morgan fingerprint density at radius 2 is 2.08 bits per heavy atom. The van der Waals surface area contributed by atoms with Gasteiger partial charge in [-0.3, -0.25) is 14.1 Å². The third-order valence-corrected chi connectivity index (χ3v) is 6.81. The van der Waals surface area contributed by atoms with Gasteiger partial charge in [-0.15, -0.1) is 11.3 Å². The number of anilines is 1. The first-order chi connectivity index (χ1) is 16.7. The molecule has 3 rings (SSSR count). The quantitative estimate of drug-likeness (QED) is 0.0882. The van der Waals surface area contributed by atoms with Crippen molar-refractivity contribution in [3.8, 4) is 0 Å². The lowest BCUT2D eigenvalue weighted by molar-refractivity contribution is -0.161. The number of nitrogens with one attached hydrogen (secondary N) is 1. The number of rotatable bonds is 10. The number of carboxylic acid groups (broad SMARTS) is 1. The zero-order valence-electron chi connectivity index (χ0n) is 18.9. The van der Waals surface area contributed by atoms with Crippen molar-refractivity contribution in [3.63, 3.8) is 0 Å². The van der Waals surface area contributed by atoms with E-state index in [0.717, 1.165) is 16.2 Å². The van der Waals surface area contributed by atoms with E-state index in [1.165, 1.54) is 19.2 Å². The van der Waals surface area contributed by atoms with Gasteiger partial charge < -0.3 is 36.4 Å². The number of β-lactam (4-membered cyclic amide) rings is 1. The third kappa shape index (κ3) is 5.48. The van der Waals surface area contributed by atoms with Gasteiger partial charge in [0, 0.05) is 18.5 Å². The highest BCUT2D eigenvalue weighted by Crippen LogP contribution is 2.26. The Labute approximate surface area is 207 Å². The number of carbonyl (C=O) groups excluding carboxylic acids is 3. The van der Waals surface area contributed by atoms with Gasteiger partial charge in [-0.2, -0.15) is 8.42 Å². The van der Waals surface area contributed by atoms with E-state index in [-0.39, 0.29) is 28.2 Å². The maximum Gasteiger partial charge on any atom is 0.410 e. The first kappa shape index (κ1) is 27.0. The van der Waals surface area contributed by atoms with E-state index in [9.17, 15) is 37.3 Å². The highest BCUT2D eigenvalue weighted by Gasteiger charge is 2.55. The molecule has 3 unspecified atom stereocenters. The first-order valence-electron chi connectivity index (χ1n) is 10.1. The standard InChI is InChI=1S/C17H23N7O10S2/c1-17(2,14(27)28)34-22-10(8-6-35-15(19)20-8)12(25)21-11-9(24(13(11)26)36(30,31)32)5-23-4-7(3-18)33-16(23)29/h6-7,9,11H,3-5,18H2,1-2H3,(H2,19,20)(H,21,25)(H,27,28)(H,30,31,32). The van der Waals surface area contributed by atoms with Crippen LogP contribution in [-0.2, 0) is 34.3 Å². The smallest absolute Gasteiger partial charge is 0.410 e. The Morgan fingerprint density at radius 3 is 2.58 bits per heavy atom. The van der Waals surface area contributed by atoms with Crippen molar-refractivity contribution in [1.29, 1.82) is 0 Å². The SMILES string of the molecule is CC(C)(ON=C(C(=O)NC1C(=O)N(S(=O)(=O)O)C1CN1CC(CN)OC1=O)c1csc(N)n1)C(=O)O. The van der Waals surface area contributed by atoms with Crippen LogP contribution < -0.4 is 16.8 Å². The second-order valence-corrected chi connectivity index (χ2v) is 10.4. The summed E-state index contributed by atoms with van der Waals surface area (Å²) >= 11 is 0.935. The van der Waals surface area contributed by atoms with Crippen LogP contribution >= 0.6 is 11.3 Å². The van der Waals surface area contributed by atoms with E-state index in [1.54, 1.807) is 0 Å². The summed E-state index contributed by atoms with van der Waals surface area (Å²) in [5.74, 6) is -3.68. The number of cyclic esters (lactones) is 1. The van der Waals surface area contributed by atoms with Crippen LogP contribution in [0.25, 0.3) is 0 Å². The van der Waals surface area contributed by atoms with Gasteiger partial charge in [0.2, 0.25) is 5.60 Å². The molecule has 0 spiro atoms. The molecule has 1 aromatic rings. The molecule has 2 fully saturated rings. The molecule has 7 N–H and O–H groups in total. The number of carboxylic acids is 1. The lowest BCUT2D eigenvalue weighted by Crippen LogP contribution is -2.74. The van der Waals surface area contributed by atoms with Crippen molar-refractivity contribution >= 4 is 56.4 Å². The zero-order chi connectivity index (χ0) is 27.0. The lowest BCUT2D eigenvalue weighted by atomic mass is 9.97. The van der Waals surface area contributed by atoms with Crippen LogP contribution in [0.1, 0.15) is 19.5 Å². The number of hydrogen-bond donors (Lipinski definition) is 5. The number of aliphatic carboxylic acids is 1. The fraction of sp³-hybridized carbons (Fsp3) is 0.529. The molecule has 17 nitrogen and oxygen atoms in total. The molecule has 3 heterocycles. The van der Waals surface area contributed by atoms with E-state index in [0.29, 0.717) is 0 Å². The number of nitrogens with zero attached hydrogens (tertiary/aromatic N) is 4. The topological polar surface area (TPSA) is 257 Å². The second-order valence-electron chi connectivity index (χ2n) is 8.19. The maximum absolute atomic E-state index is 13.0. The molecule has 1 aromatic heterocycles. The molecule has 2 aliphatic rings. The predicted molar refractivity (Wildman–Crippen MR) is 121 cm³/mol. The first-order valence-corrected chi connectivity index (χ1v) is 12.4. The van der Waals surface area contributed by atoms with Crippen LogP contribution in [0.5, 0.6) is 0 Å². The minimum atomic E-state index is -5.04. The van der Waals surface area contributed by atoms with Crippen molar-refractivity contribution in [3.05, 3.63) is 11.1 Å². The third-order valence-electron chi connectivity index (χ3n) is 5.18. The normalized spacial score (nSPS) is 22.8. The summed E-state index contributed by atoms with van der Waals surface area (Å²) in [7, 11) is -5.04. The highest BCUT2D eigenvalue weighted by molar-refractivity contribution is 7.84. The number of oxime groups is 1. The van der Waals surface area contributed by atoms with Crippen molar-refractivity contribution in [2.24, 2.45) is 10.9 Å². The minimum absolute atomic E-state index is 0.00268. The van der Waals surface area contributed by atoms with Crippen LogP contribution in [0.4, 0.5) is 9.93 Å². The molecule has 36 heavy (non-hydrogen) atoms. The van der Waals surface area contributed by atoms with Crippen molar-refractivity contribution < 1.29 is 46.8 Å². The summed E-state index contributed by atoms with van der Waals surface area (Å²) < 4.78 is 38.1.